The highest BCUT2D eigenvalue weighted by molar-refractivity contribution is 9.09. The van der Waals surface area contributed by atoms with Gasteiger partial charge in [-0.15, -0.1) is 0 Å². The van der Waals surface area contributed by atoms with Crippen LogP contribution in [0.3, 0.4) is 0 Å². The number of rotatable bonds is 3. The number of nitrogens with zero attached hydrogens (tertiary/aromatic N) is 2. The highest BCUT2D eigenvalue weighted by Crippen LogP contribution is 2.12. The van der Waals surface area contributed by atoms with E-state index in [1.807, 2.05) is 12.1 Å². The van der Waals surface area contributed by atoms with Crippen LogP contribution in [0.1, 0.15) is 16.7 Å². The lowest BCUT2D eigenvalue weighted by Crippen LogP contribution is -2.05. The third-order valence-electron chi connectivity index (χ3n) is 1.89. The van der Waals surface area contributed by atoms with Crippen molar-refractivity contribution in [3.63, 3.8) is 0 Å². The second-order valence-corrected chi connectivity index (χ2v) is 3.51. The van der Waals surface area contributed by atoms with Gasteiger partial charge in [0.1, 0.15) is 5.78 Å². The fourth-order valence-corrected chi connectivity index (χ4v) is 1.38. The summed E-state index contributed by atoms with van der Waals surface area (Å²) in [5.41, 5.74) is 1.52. The number of carbonyl (C=O) groups is 1. The number of hydrogen-bond acceptors (Lipinski definition) is 3. The minimum absolute atomic E-state index is 0.0124. The van der Waals surface area contributed by atoms with E-state index in [-0.39, 0.29) is 17.5 Å². The van der Waals surface area contributed by atoms with E-state index >= 15 is 0 Å². The molecule has 0 fully saturated rings. The number of ketones is 1. The summed E-state index contributed by atoms with van der Waals surface area (Å²) < 4.78 is 0. The lowest BCUT2D eigenvalue weighted by atomic mass is 10.0. The maximum absolute atomic E-state index is 11.2. The normalized spacial score (nSPS) is 9.00. The smallest absolute Gasteiger partial charge is 0.147 e. The standard InChI is InChI=1S/C11H7BrN2O/c12-5-11(15)4-10-3-8(6-13)1-2-9(10)7-14/h1-3H,4-5H2. The molecule has 0 atom stereocenters. The molecule has 74 valence electrons. The zero-order valence-electron chi connectivity index (χ0n) is 7.83. The third-order valence-corrected chi connectivity index (χ3v) is 2.52. The minimum atomic E-state index is -0.0124. The second kappa shape index (κ2) is 5.29. The first-order valence-electron chi connectivity index (χ1n) is 4.22. The summed E-state index contributed by atoms with van der Waals surface area (Å²) in [7, 11) is 0. The lowest BCUT2D eigenvalue weighted by Gasteiger charge is -2.01. The van der Waals surface area contributed by atoms with Crippen LogP contribution in [0.5, 0.6) is 0 Å². The van der Waals surface area contributed by atoms with Gasteiger partial charge >= 0.3 is 0 Å². The Kier molecular flexibility index (Phi) is 4.03. The van der Waals surface area contributed by atoms with Crippen LogP contribution in [0, 0.1) is 22.7 Å². The van der Waals surface area contributed by atoms with E-state index in [0.29, 0.717) is 16.7 Å². The molecule has 0 unspecified atom stereocenters. The fraction of sp³-hybridized carbons (Fsp3) is 0.182. The molecule has 0 amide bonds. The van der Waals surface area contributed by atoms with Crippen molar-refractivity contribution in [1.82, 2.24) is 0 Å². The van der Waals surface area contributed by atoms with Gasteiger partial charge in [0.05, 0.1) is 28.6 Å². The molecule has 0 radical (unpaired) electrons. The Morgan fingerprint density at radius 1 is 1.33 bits per heavy atom. The Hall–Kier alpha value is -1.65. The van der Waals surface area contributed by atoms with Gasteiger partial charge in [0.2, 0.25) is 0 Å². The van der Waals surface area contributed by atoms with Crippen LogP contribution in [0.2, 0.25) is 0 Å². The zero-order chi connectivity index (χ0) is 11.3. The number of halogens is 1. The van der Waals surface area contributed by atoms with Crippen molar-refractivity contribution in [2.24, 2.45) is 0 Å². The number of benzene rings is 1. The molecule has 3 nitrogen and oxygen atoms in total. The lowest BCUT2D eigenvalue weighted by molar-refractivity contribution is -0.115. The summed E-state index contributed by atoms with van der Waals surface area (Å²) in [6, 6.07) is 8.69. The van der Waals surface area contributed by atoms with Crippen molar-refractivity contribution in [2.45, 2.75) is 6.42 Å². The van der Waals surface area contributed by atoms with Crippen molar-refractivity contribution in [3.05, 3.63) is 34.9 Å². The molecule has 0 heterocycles. The summed E-state index contributed by atoms with van der Waals surface area (Å²) in [6.45, 7) is 0. The molecule has 1 aromatic rings. The van der Waals surface area contributed by atoms with Crippen LogP contribution in [0.4, 0.5) is 0 Å². The van der Waals surface area contributed by atoms with Crippen LogP contribution in [0.15, 0.2) is 18.2 Å². The number of alkyl halides is 1. The molecule has 0 bridgehead atoms. The third kappa shape index (κ3) is 2.90. The summed E-state index contributed by atoms with van der Waals surface area (Å²) in [6.07, 6.45) is 0.184. The molecule has 0 spiro atoms. The molecule has 0 saturated carbocycles. The number of Topliss-reactive ketones (excluding diaryl/α,β-unsaturated/α-hetero) is 1. The number of nitriles is 2. The summed E-state index contributed by atoms with van der Waals surface area (Å²) in [4.78, 5) is 11.2. The second-order valence-electron chi connectivity index (χ2n) is 2.94. The van der Waals surface area contributed by atoms with E-state index in [1.165, 1.54) is 0 Å². The molecule has 0 aliphatic heterocycles. The van der Waals surface area contributed by atoms with E-state index < -0.39 is 0 Å². The monoisotopic (exact) mass is 262 g/mol. The zero-order valence-corrected chi connectivity index (χ0v) is 9.41. The first-order valence-corrected chi connectivity index (χ1v) is 5.34. The Balaban J connectivity index is 3.09. The molecule has 0 N–H and O–H groups in total. The average molecular weight is 263 g/mol. The Morgan fingerprint density at radius 2 is 2.07 bits per heavy atom. The maximum Gasteiger partial charge on any atom is 0.147 e. The quantitative estimate of drug-likeness (QED) is 0.782. The van der Waals surface area contributed by atoms with E-state index in [4.69, 9.17) is 10.5 Å². The van der Waals surface area contributed by atoms with Crippen LogP contribution in [-0.4, -0.2) is 11.1 Å². The van der Waals surface area contributed by atoms with Crippen molar-refractivity contribution >= 4 is 21.7 Å². The van der Waals surface area contributed by atoms with E-state index in [9.17, 15) is 4.79 Å². The van der Waals surface area contributed by atoms with Crippen molar-refractivity contribution in [3.8, 4) is 12.1 Å². The number of hydrogen-bond donors (Lipinski definition) is 0. The van der Waals surface area contributed by atoms with Crippen LogP contribution < -0.4 is 0 Å². The molecular weight excluding hydrogens is 256 g/mol. The molecule has 0 aliphatic rings. The highest BCUT2D eigenvalue weighted by atomic mass is 79.9. The fourth-order valence-electron chi connectivity index (χ4n) is 1.18. The number of carbonyl (C=O) groups excluding carboxylic acids is 1. The van der Waals surface area contributed by atoms with Crippen molar-refractivity contribution in [1.29, 1.82) is 10.5 Å². The van der Waals surface area contributed by atoms with E-state index in [0.717, 1.165) is 0 Å². The van der Waals surface area contributed by atoms with Gasteiger partial charge in [-0.3, -0.25) is 4.79 Å². The summed E-state index contributed by atoms with van der Waals surface area (Å²) in [5, 5.41) is 17.8. The largest absolute Gasteiger partial charge is 0.298 e. The summed E-state index contributed by atoms with van der Waals surface area (Å²) in [5.74, 6) is -0.0124. The van der Waals surface area contributed by atoms with Gasteiger partial charge in [0.25, 0.3) is 0 Å². The molecule has 1 rings (SSSR count). The van der Waals surface area contributed by atoms with Gasteiger partial charge < -0.3 is 0 Å². The maximum atomic E-state index is 11.2. The Morgan fingerprint density at radius 3 is 2.60 bits per heavy atom. The van der Waals surface area contributed by atoms with E-state index in [2.05, 4.69) is 15.9 Å². The molecule has 0 saturated heterocycles. The highest BCUT2D eigenvalue weighted by Gasteiger charge is 2.07. The van der Waals surface area contributed by atoms with Crippen molar-refractivity contribution in [2.75, 3.05) is 5.33 Å². The van der Waals surface area contributed by atoms with Gasteiger partial charge in [0.15, 0.2) is 0 Å². The van der Waals surface area contributed by atoms with Gasteiger partial charge in [-0.1, -0.05) is 15.9 Å². The first-order chi connectivity index (χ1) is 7.21. The molecule has 4 heteroatoms. The minimum Gasteiger partial charge on any atom is -0.298 e. The van der Waals surface area contributed by atoms with Crippen LogP contribution in [-0.2, 0) is 11.2 Å². The molecule has 1 aromatic carbocycles. The van der Waals surface area contributed by atoms with Crippen LogP contribution >= 0.6 is 15.9 Å². The Labute approximate surface area is 96.1 Å². The van der Waals surface area contributed by atoms with Gasteiger partial charge in [-0.25, -0.2) is 0 Å². The van der Waals surface area contributed by atoms with Gasteiger partial charge in [-0.05, 0) is 23.8 Å². The topological polar surface area (TPSA) is 64.7 Å². The van der Waals surface area contributed by atoms with Crippen molar-refractivity contribution < 1.29 is 4.79 Å². The summed E-state index contributed by atoms with van der Waals surface area (Å²) >= 11 is 3.06. The molecule has 15 heavy (non-hydrogen) atoms. The van der Waals surface area contributed by atoms with Gasteiger partial charge in [-0.2, -0.15) is 10.5 Å². The molecular formula is C11H7BrN2O. The average Bonchev–Trinajstić information content (AvgIpc) is 2.28. The van der Waals surface area contributed by atoms with E-state index in [1.54, 1.807) is 18.2 Å². The van der Waals surface area contributed by atoms with Crippen LogP contribution in [0.25, 0.3) is 0 Å². The van der Waals surface area contributed by atoms with Gasteiger partial charge in [0, 0.05) is 6.42 Å². The first kappa shape index (κ1) is 11.4. The SMILES string of the molecule is N#Cc1ccc(C#N)c(CC(=O)CBr)c1. The Bertz CT molecular complexity index is 468. The molecule has 0 aliphatic carbocycles. The predicted octanol–water partition coefficient (Wildman–Crippen LogP) is 1.94. The predicted molar refractivity (Wildman–Crippen MR) is 58.4 cm³/mol. The molecule has 0 aromatic heterocycles.